The van der Waals surface area contributed by atoms with E-state index in [1.165, 1.54) is 12.1 Å². The molecule has 0 bridgehead atoms. The number of carboxylic acids is 1. The van der Waals surface area contributed by atoms with Crippen LogP contribution in [0.5, 0.6) is 0 Å². The molecular weight excluding hydrogens is 386 g/mol. The van der Waals surface area contributed by atoms with E-state index in [2.05, 4.69) is 5.32 Å². The molecule has 23 heavy (non-hydrogen) atoms. The highest BCUT2D eigenvalue weighted by atomic mass is 35.5. The van der Waals surface area contributed by atoms with Crippen LogP contribution in [0.1, 0.15) is 19.3 Å². The molecule has 9 heteroatoms. The topological polar surface area (TPSA) is 69.6 Å². The minimum absolute atomic E-state index is 0. The summed E-state index contributed by atoms with van der Waals surface area (Å²) in [7, 11) is 0. The molecule has 1 saturated heterocycles. The van der Waals surface area contributed by atoms with Crippen molar-refractivity contribution in [2.45, 2.75) is 25.3 Å². The predicted molar refractivity (Wildman–Crippen MR) is 94.2 cm³/mol. The van der Waals surface area contributed by atoms with Crippen LogP contribution in [0.3, 0.4) is 0 Å². The molecule has 1 fully saturated rings. The summed E-state index contributed by atoms with van der Waals surface area (Å²) in [5, 5.41) is 12.7. The summed E-state index contributed by atoms with van der Waals surface area (Å²) in [4.78, 5) is 25.0. The predicted octanol–water partition coefficient (Wildman–Crippen LogP) is 3.95. The monoisotopic (exact) mass is 400 g/mol. The number of carbonyl (C=O) groups excluding carboxylic acids is 1. The number of likely N-dealkylation sites (tertiary alicyclic amines) is 1. The number of hydrogen-bond donors (Lipinski definition) is 2. The Labute approximate surface area is 155 Å². The lowest BCUT2D eigenvalue weighted by Crippen LogP contribution is -2.47. The molecule has 1 aromatic carbocycles. The SMILES string of the molecule is Cl.O=C(CN1CCCCC1C(=O)O)Nc1c(Cl)cc(Cl)cc1Cl. The van der Waals surface area contributed by atoms with Crippen LogP contribution in [0.2, 0.25) is 15.1 Å². The van der Waals surface area contributed by atoms with Crippen LogP contribution >= 0.6 is 47.2 Å². The summed E-state index contributed by atoms with van der Waals surface area (Å²) >= 11 is 17.8. The van der Waals surface area contributed by atoms with Crippen LogP contribution in [-0.2, 0) is 9.59 Å². The number of carbonyl (C=O) groups is 2. The lowest BCUT2D eigenvalue weighted by atomic mass is 10.0. The van der Waals surface area contributed by atoms with Crippen molar-refractivity contribution < 1.29 is 14.7 Å². The van der Waals surface area contributed by atoms with Crippen molar-refractivity contribution in [3.63, 3.8) is 0 Å². The van der Waals surface area contributed by atoms with E-state index >= 15 is 0 Å². The summed E-state index contributed by atoms with van der Waals surface area (Å²) in [5.74, 6) is -1.27. The number of amides is 1. The molecule has 0 aliphatic carbocycles. The van der Waals surface area contributed by atoms with E-state index in [4.69, 9.17) is 34.8 Å². The summed E-state index contributed by atoms with van der Waals surface area (Å²) in [6, 6.07) is 2.33. The quantitative estimate of drug-likeness (QED) is 0.801. The van der Waals surface area contributed by atoms with E-state index in [1.807, 2.05) is 0 Å². The van der Waals surface area contributed by atoms with Crippen molar-refractivity contribution in [2.24, 2.45) is 0 Å². The largest absolute Gasteiger partial charge is 0.480 e. The second-order valence-electron chi connectivity index (χ2n) is 5.11. The third kappa shape index (κ3) is 5.40. The molecule has 2 rings (SSSR count). The molecule has 1 aliphatic heterocycles. The zero-order valence-electron chi connectivity index (χ0n) is 12.0. The smallest absolute Gasteiger partial charge is 0.320 e. The number of benzene rings is 1. The number of nitrogens with one attached hydrogen (secondary N) is 1. The molecule has 0 saturated carbocycles. The van der Waals surface area contributed by atoms with Gasteiger partial charge in [-0.25, -0.2) is 0 Å². The van der Waals surface area contributed by atoms with Gasteiger partial charge in [-0.2, -0.15) is 0 Å². The number of anilines is 1. The highest BCUT2D eigenvalue weighted by molar-refractivity contribution is 6.42. The third-order valence-corrected chi connectivity index (χ3v) is 4.33. The van der Waals surface area contributed by atoms with Gasteiger partial charge in [0.25, 0.3) is 0 Å². The Morgan fingerprint density at radius 3 is 2.39 bits per heavy atom. The lowest BCUT2D eigenvalue weighted by Gasteiger charge is -2.32. The number of rotatable bonds is 4. The Hall–Kier alpha value is -0.720. The molecule has 1 atom stereocenters. The molecule has 1 aromatic rings. The maximum atomic E-state index is 12.1. The number of halogens is 4. The summed E-state index contributed by atoms with van der Waals surface area (Å²) < 4.78 is 0. The van der Waals surface area contributed by atoms with Gasteiger partial charge in [-0.05, 0) is 31.5 Å². The fourth-order valence-electron chi connectivity index (χ4n) is 2.48. The van der Waals surface area contributed by atoms with Gasteiger partial charge in [0, 0.05) is 5.02 Å². The second-order valence-corrected chi connectivity index (χ2v) is 6.36. The Bertz CT molecular complexity index is 574. The van der Waals surface area contributed by atoms with Gasteiger partial charge >= 0.3 is 5.97 Å². The summed E-state index contributed by atoms with van der Waals surface area (Å²) in [6.45, 7) is 0.554. The molecule has 0 radical (unpaired) electrons. The van der Waals surface area contributed by atoms with Gasteiger partial charge in [-0.3, -0.25) is 14.5 Å². The first-order valence-corrected chi connectivity index (χ1v) is 7.93. The summed E-state index contributed by atoms with van der Waals surface area (Å²) in [5.41, 5.74) is 0.279. The van der Waals surface area contributed by atoms with Gasteiger partial charge in [0.1, 0.15) is 6.04 Å². The van der Waals surface area contributed by atoms with E-state index in [-0.39, 0.29) is 40.6 Å². The minimum atomic E-state index is -0.907. The average molecular weight is 402 g/mol. The van der Waals surface area contributed by atoms with E-state index in [0.717, 1.165) is 12.8 Å². The van der Waals surface area contributed by atoms with Crippen LogP contribution in [0.25, 0.3) is 0 Å². The number of aliphatic carboxylic acids is 1. The van der Waals surface area contributed by atoms with Crippen molar-refractivity contribution in [3.8, 4) is 0 Å². The number of carboxylic acid groups (broad SMARTS) is 1. The van der Waals surface area contributed by atoms with Crippen LogP contribution in [0, 0.1) is 0 Å². The van der Waals surface area contributed by atoms with Gasteiger partial charge in [0.15, 0.2) is 0 Å². The van der Waals surface area contributed by atoms with Crippen molar-refractivity contribution >= 4 is 64.8 Å². The van der Waals surface area contributed by atoms with Crippen molar-refractivity contribution in [1.29, 1.82) is 0 Å². The minimum Gasteiger partial charge on any atom is -0.480 e. The van der Waals surface area contributed by atoms with Gasteiger partial charge in [-0.1, -0.05) is 41.2 Å². The first kappa shape index (κ1) is 20.3. The van der Waals surface area contributed by atoms with Gasteiger partial charge in [0.05, 0.1) is 22.3 Å². The Kier molecular flexibility index (Phi) is 7.90. The molecule has 0 aromatic heterocycles. The molecule has 1 aliphatic rings. The maximum Gasteiger partial charge on any atom is 0.320 e. The average Bonchev–Trinajstić information content (AvgIpc) is 2.43. The van der Waals surface area contributed by atoms with Crippen LogP contribution in [-0.4, -0.2) is 41.0 Å². The molecule has 1 amide bonds. The summed E-state index contributed by atoms with van der Waals surface area (Å²) in [6.07, 6.45) is 2.27. The fourth-order valence-corrected chi connectivity index (χ4v) is 3.40. The molecule has 0 spiro atoms. The zero-order valence-corrected chi connectivity index (χ0v) is 15.1. The zero-order chi connectivity index (χ0) is 16.3. The molecule has 5 nitrogen and oxygen atoms in total. The molecule has 2 N–H and O–H groups in total. The number of piperidine rings is 1. The lowest BCUT2D eigenvalue weighted by molar-refractivity contribution is -0.145. The molecule has 128 valence electrons. The Morgan fingerprint density at radius 2 is 1.83 bits per heavy atom. The standard InChI is InChI=1S/C14H15Cl3N2O3.ClH/c15-8-5-9(16)13(10(17)6-8)18-12(20)7-19-4-2-1-3-11(19)14(21)22;/h5-6,11H,1-4,7H2,(H,18,20)(H,21,22);1H. The highest BCUT2D eigenvalue weighted by Crippen LogP contribution is 2.33. The first-order valence-electron chi connectivity index (χ1n) is 6.79. The van der Waals surface area contributed by atoms with Gasteiger partial charge < -0.3 is 10.4 Å². The van der Waals surface area contributed by atoms with E-state index in [0.29, 0.717) is 18.0 Å². The van der Waals surface area contributed by atoms with E-state index in [9.17, 15) is 14.7 Å². The number of nitrogens with zero attached hydrogens (tertiary/aromatic N) is 1. The Balaban J connectivity index is 0.00000264. The highest BCUT2D eigenvalue weighted by Gasteiger charge is 2.29. The first-order chi connectivity index (χ1) is 10.4. The Morgan fingerprint density at radius 1 is 1.22 bits per heavy atom. The van der Waals surface area contributed by atoms with Crippen molar-refractivity contribution in [2.75, 3.05) is 18.4 Å². The van der Waals surface area contributed by atoms with Crippen molar-refractivity contribution in [3.05, 3.63) is 27.2 Å². The normalized spacial score (nSPS) is 18.1. The maximum absolute atomic E-state index is 12.1. The third-order valence-electron chi connectivity index (χ3n) is 3.52. The molecular formula is C14H16Cl4N2O3. The van der Waals surface area contributed by atoms with Crippen LogP contribution in [0.4, 0.5) is 5.69 Å². The second kappa shape index (κ2) is 8.94. The van der Waals surface area contributed by atoms with Crippen molar-refractivity contribution in [1.82, 2.24) is 4.90 Å². The van der Waals surface area contributed by atoms with E-state index < -0.39 is 12.0 Å². The van der Waals surface area contributed by atoms with Crippen LogP contribution < -0.4 is 5.32 Å². The molecule has 1 unspecified atom stereocenters. The molecule has 1 heterocycles. The van der Waals surface area contributed by atoms with Gasteiger partial charge in [-0.15, -0.1) is 12.4 Å². The van der Waals surface area contributed by atoms with E-state index in [1.54, 1.807) is 4.90 Å². The van der Waals surface area contributed by atoms with Crippen LogP contribution in [0.15, 0.2) is 12.1 Å². The number of hydrogen-bond acceptors (Lipinski definition) is 3. The fraction of sp³-hybridized carbons (Fsp3) is 0.429. The van der Waals surface area contributed by atoms with Gasteiger partial charge in [0.2, 0.25) is 5.91 Å².